The van der Waals surface area contributed by atoms with E-state index < -0.39 is 0 Å². The van der Waals surface area contributed by atoms with Gasteiger partial charge in [0.15, 0.2) is 5.13 Å². The van der Waals surface area contributed by atoms with E-state index in [1.165, 1.54) is 11.3 Å². The Hall–Kier alpha value is -2.25. The van der Waals surface area contributed by atoms with Crippen molar-refractivity contribution in [3.8, 4) is 0 Å². The highest BCUT2D eigenvalue weighted by Gasteiger charge is 2.17. The fourth-order valence-corrected chi connectivity index (χ4v) is 3.19. The topological polar surface area (TPSA) is 71.5 Å². The first kappa shape index (κ1) is 20.1. The molecule has 0 fully saturated rings. The highest BCUT2D eigenvalue weighted by molar-refractivity contribution is 7.13. The summed E-state index contributed by atoms with van der Waals surface area (Å²) in [4.78, 5) is 30.7. The van der Waals surface area contributed by atoms with Crippen molar-refractivity contribution in [2.75, 3.05) is 32.1 Å². The van der Waals surface area contributed by atoms with E-state index in [1.54, 1.807) is 12.0 Å². The SMILES string of the molecule is COCCCN(CC(=O)Nc1nc(C)cs1)C(=O)CCc1ccccc1. The first-order valence-electron chi connectivity index (χ1n) is 8.61. The molecular formula is C19H25N3O3S. The van der Waals surface area contributed by atoms with Crippen LogP contribution in [-0.2, 0) is 20.7 Å². The van der Waals surface area contributed by atoms with Crippen molar-refractivity contribution in [2.24, 2.45) is 0 Å². The molecule has 0 saturated carbocycles. The predicted octanol–water partition coefficient (Wildman–Crippen LogP) is 2.89. The van der Waals surface area contributed by atoms with Crippen molar-refractivity contribution in [3.05, 3.63) is 47.0 Å². The van der Waals surface area contributed by atoms with Crippen LogP contribution in [0.5, 0.6) is 0 Å². The van der Waals surface area contributed by atoms with Crippen LogP contribution in [0.25, 0.3) is 0 Å². The Morgan fingerprint density at radius 1 is 1.27 bits per heavy atom. The molecule has 26 heavy (non-hydrogen) atoms. The molecule has 2 rings (SSSR count). The number of carbonyl (C=O) groups is 2. The van der Waals surface area contributed by atoms with Crippen LogP contribution in [0.2, 0.25) is 0 Å². The molecule has 6 nitrogen and oxygen atoms in total. The van der Waals surface area contributed by atoms with E-state index in [-0.39, 0.29) is 18.4 Å². The van der Waals surface area contributed by atoms with Gasteiger partial charge in [-0.3, -0.25) is 9.59 Å². The second kappa shape index (κ2) is 10.7. The van der Waals surface area contributed by atoms with Crippen LogP contribution in [-0.4, -0.2) is 48.5 Å². The third-order valence-electron chi connectivity index (χ3n) is 3.80. The number of carbonyl (C=O) groups excluding carboxylic acids is 2. The summed E-state index contributed by atoms with van der Waals surface area (Å²) in [5, 5.41) is 5.18. The molecule has 0 aliphatic carbocycles. The number of aromatic nitrogens is 1. The number of anilines is 1. The van der Waals surface area contributed by atoms with E-state index in [2.05, 4.69) is 10.3 Å². The molecule has 0 spiro atoms. The number of nitrogens with zero attached hydrogens (tertiary/aromatic N) is 2. The van der Waals surface area contributed by atoms with Crippen LogP contribution in [0.3, 0.4) is 0 Å². The molecule has 1 N–H and O–H groups in total. The monoisotopic (exact) mass is 375 g/mol. The van der Waals surface area contributed by atoms with E-state index in [0.29, 0.717) is 37.5 Å². The summed E-state index contributed by atoms with van der Waals surface area (Å²) in [6, 6.07) is 9.87. The van der Waals surface area contributed by atoms with Gasteiger partial charge >= 0.3 is 0 Å². The molecule has 2 amide bonds. The van der Waals surface area contributed by atoms with Gasteiger partial charge in [0, 0.05) is 32.1 Å². The number of amides is 2. The normalized spacial score (nSPS) is 10.5. The molecular weight excluding hydrogens is 350 g/mol. The lowest BCUT2D eigenvalue weighted by molar-refractivity contribution is -0.134. The molecule has 1 heterocycles. The first-order chi connectivity index (χ1) is 12.6. The number of rotatable bonds is 10. The Morgan fingerprint density at radius 3 is 2.69 bits per heavy atom. The summed E-state index contributed by atoms with van der Waals surface area (Å²) in [6.07, 6.45) is 1.73. The summed E-state index contributed by atoms with van der Waals surface area (Å²) >= 11 is 1.38. The summed E-state index contributed by atoms with van der Waals surface area (Å²) in [6.45, 7) is 2.94. The van der Waals surface area contributed by atoms with Gasteiger partial charge < -0.3 is 15.0 Å². The van der Waals surface area contributed by atoms with Gasteiger partial charge in [-0.1, -0.05) is 30.3 Å². The van der Waals surface area contributed by atoms with Gasteiger partial charge in [-0.25, -0.2) is 4.98 Å². The standard InChI is InChI=1S/C19H25N3O3S/c1-15-14-26-19(20-15)21-17(23)13-22(11-6-12-25-2)18(24)10-9-16-7-4-3-5-8-16/h3-5,7-8,14H,6,9-13H2,1-2H3,(H,20,21,23). The molecule has 2 aromatic rings. The maximum absolute atomic E-state index is 12.6. The zero-order chi connectivity index (χ0) is 18.8. The molecule has 140 valence electrons. The smallest absolute Gasteiger partial charge is 0.245 e. The first-order valence-corrected chi connectivity index (χ1v) is 9.49. The highest BCUT2D eigenvalue weighted by atomic mass is 32.1. The maximum Gasteiger partial charge on any atom is 0.245 e. The predicted molar refractivity (Wildman–Crippen MR) is 103 cm³/mol. The van der Waals surface area contributed by atoms with Crippen LogP contribution in [0.4, 0.5) is 5.13 Å². The summed E-state index contributed by atoms with van der Waals surface area (Å²) < 4.78 is 5.06. The van der Waals surface area contributed by atoms with Crippen LogP contribution < -0.4 is 5.32 Å². The molecule has 0 bridgehead atoms. The van der Waals surface area contributed by atoms with E-state index in [1.807, 2.05) is 42.6 Å². The largest absolute Gasteiger partial charge is 0.385 e. The second-order valence-electron chi connectivity index (χ2n) is 5.99. The molecule has 0 radical (unpaired) electrons. The summed E-state index contributed by atoms with van der Waals surface area (Å²) in [5.74, 6) is -0.264. The van der Waals surface area contributed by atoms with Crippen molar-refractivity contribution in [1.82, 2.24) is 9.88 Å². The zero-order valence-corrected chi connectivity index (χ0v) is 16.1. The van der Waals surface area contributed by atoms with Crippen molar-refractivity contribution in [2.45, 2.75) is 26.2 Å². The number of nitrogens with one attached hydrogen (secondary N) is 1. The van der Waals surface area contributed by atoms with Crippen LogP contribution in [0, 0.1) is 6.92 Å². The van der Waals surface area contributed by atoms with Crippen molar-refractivity contribution in [1.29, 1.82) is 0 Å². The lowest BCUT2D eigenvalue weighted by Crippen LogP contribution is -2.39. The Kier molecular flexibility index (Phi) is 8.24. The van der Waals surface area contributed by atoms with Crippen molar-refractivity contribution >= 4 is 28.3 Å². The number of hydrogen-bond acceptors (Lipinski definition) is 5. The van der Waals surface area contributed by atoms with E-state index in [9.17, 15) is 9.59 Å². The molecule has 7 heteroatoms. The Balaban J connectivity index is 1.90. The minimum atomic E-state index is -0.232. The van der Waals surface area contributed by atoms with Gasteiger partial charge in [-0.2, -0.15) is 0 Å². The molecule has 0 unspecified atom stereocenters. The van der Waals surface area contributed by atoms with Crippen LogP contribution >= 0.6 is 11.3 Å². The third kappa shape index (κ3) is 6.93. The summed E-state index contributed by atoms with van der Waals surface area (Å²) in [7, 11) is 1.62. The third-order valence-corrected chi connectivity index (χ3v) is 4.67. The van der Waals surface area contributed by atoms with Crippen LogP contribution in [0.1, 0.15) is 24.1 Å². The molecule has 0 saturated heterocycles. The van der Waals surface area contributed by atoms with E-state index in [0.717, 1.165) is 11.3 Å². The maximum atomic E-state index is 12.6. The number of aryl methyl sites for hydroxylation is 2. The quantitative estimate of drug-likeness (QED) is 0.648. The molecule has 1 aromatic carbocycles. The van der Waals surface area contributed by atoms with Crippen LogP contribution in [0.15, 0.2) is 35.7 Å². The Bertz CT molecular complexity index is 703. The summed E-state index contributed by atoms with van der Waals surface area (Å²) in [5.41, 5.74) is 1.97. The lowest BCUT2D eigenvalue weighted by Gasteiger charge is -2.22. The minimum absolute atomic E-state index is 0.0238. The van der Waals surface area contributed by atoms with Gasteiger partial charge in [-0.15, -0.1) is 11.3 Å². The second-order valence-corrected chi connectivity index (χ2v) is 6.85. The molecule has 0 aliphatic rings. The fourth-order valence-electron chi connectivity index (χ4n) is 2.49. The number of ether oxygens (including phenoxy) is 1. The minimum Gasteiger partial charge on any atom is -0.385 e. The van der Waals surface area contributed by atoms with Gasteiger partial charge in [0.05, 0.1) is 12.2 Å². The average molecular weight is 375 g/mol. The van der Waals surface area contributed by atoms with E-state index >= 15 is 0 Å². The number of thiazole rings is 1. The number of methoxy groups -OCH3 is 1. The number of benzene rings is 1. The highest BCUT2D eigenvalue weighted by Crippen LogP contribution is 2.14. The van der Waals surface area contributed by atoms with Gasteiger partial charge in [0.25, 0.3) is 0 Å². The van der Waals surface area contributed by atoms with Gasteiger partial charge in [0.1, 0.15) is 0 Å². The lowest BCUT2D eigenvalue weighted by atomic mass is 10.1. The fraction of sp³-hybridized carbons (Fsp3) is 0.421. The molecule has 0 atom stereocenters. The zero-order valence-electron chi connectivity index (χ0n) is 15.2. The van der Waals surface area contributed by atoms with Gasteiger partial charge in [-0.05, 0) is 25.3 Å². The Labute approximate surface area is 158 Å². The number of hydrogen-bond donors (Lipinski definition) is 1. The average Bonchev–Trinajstić information content (AvgIpc) is 3.04. The molecule has 0 aliphatic heterocycles. The molecule has 1 aromatic heterocycles. The van der Waals surface area contributed by atoms with Gasteiger partial charge in [0.2, 0.25) is 11.8 Å². The Morgan fingerprint density at radius 2 is 2.04 bits per heavy atom. The van der Waals surface area contributed by atoms with Crippen molar-refractivity contribution in [3.63, 3.8) is 0 Å². The van der Waals surface area contributed by atoms with Crippen molar-refractivity contribution < 1.29 is 14.3 Å². The van der Waals surface area contributed by atoms with E-state index in [4.69, 9.17) is 4.74 Å².